The summed E-state index contributed by atoms with van der Waals surface area (Å²) in [5, 5.41) is 21.3. The Kier molecular flexibility index (Phi) is 13.2. The van der Waals surface area contributed by atoms with E-state index in [4.69, 9.17) is 5.11 Å². The summed E-state index contributed by atoms with van der Waals surface area (Å²) in [6.07, 6.45) is 3.30. The molecule has 0 saturated heterocycles. The molecule has 2 N–H and O–H groups in total. The van der Waals surface area contributed by atoms with Crippen molar-refractivity contribution >= 4 is 23.6 Å². The van der Waals surface area contributed by atoms with Crippen molar-refractivity contribution < 1.29 is 49.4 Å². The number of thioether (sulfide) groups is 1. The van der Waals surface area contributed by atoms with Gasteiger partial charge in [0.15, 0.2) is 0 Å². The van der Waals surface area contributed by atoms with Gasteiger partial charge in [0.05, 0.1) is 18.6 Å². The van der Waals surface area contributed by atoms with Crippen LogP contribution in [0, 0.1) is 0 Å². The number of hydrogen-bond donors (Lipinski definition) is 2. The van der Waals surface area contributed by atoms with E-state index in [0.717, 1.165) is 0 Å². The first-order valence-electron chi connectivity index (χ1n) is 4.39. The molecule has 0 saturated carbocycles. The Labute approximate surface area is 121 Å². The number of carboxylic acid groups (broad SMARTS) is 1. The minimum absolute atomic E-state index is 0. The Bertz CT molecular complexity index is 248. The van der Waals surface area contributed by atoms with Gasteiger partial charge >= 0.3 is 29.6 Å². The summed E-state index contributed by atoms with van der Waals surface area (Å²) < 4.78 is 0. The van der Waals surface area contributed by atoms with Crippen molar-refractivity contribution in [2.45, 2.75) is 13.0 Å². The third kappa shape index (κ3) is 10.5. The molecule has 0 unspecified atom stereocenters. The van der Waals surface area contributed by atoms with Crippen LogP contribution in [0.1, 0.15) is 6.92 Å². The smallest absolute Gasteiger partial charge is 0.548 e. The Morgan fingerprint density at radius 3 is 2.56 bits per heavy atom. The van der Waals surface area contributed by atoms with Crippen molar-refractivity contribution in [3.8, 4) is 0 Å². The van der Waals surface area contributed by atoms with E-state index in [1.54, 1.807) is 12.2 Å². The molecule has 0 rings (SSSR count). The first kappa shape index (κ1) is 18.4. The number of hydrogen-bond acceptors (Lipinski definition) is 5. The maximum absolute atomic E-state index is 10.6. The number of aliphatic hydroxyl groups excluding tert-OH is 1. The number of carbonyl (C=O) groups excluding carboxylic acids is 2. The zero-order chi connectivity index (χ0) is 11.7. The molecule has 0 radical (unpaired) electrons. The monoisotopic (exact) mass is 255 g/mol. The molecule has 5 nitrogen and oxygen atoms in total. The Morgan fingerprint density at radius 1 is 1.50 bits per heavy atom. The molecule has 0 spiro atoms. The van der Waals surface area contributed by atoms with Gasteiger partial charge in [-0.2, -0.15) is 11.8 Å². The van der Waals surface area contributed by atoms with E-state index in [1.807, 2.05) is 0 Å². The van der Waals surface area contributed by atoms with Gasteiger partial charge in [-0.3, -0.25) is 4.79 Å². The summed E-state index contributed by atoms with van der Waals surface area (Å²) in [7, 11) is 0. The number of nitrogens with one attached hydrogen (secondary N) is 1. The van der Waals surface area contributed by atoms with Gasteiger partial charge < -0.3 is 20.3 Å². The van der Waals surface area contributed by atoms with E-state index in [9.17, 15) is 14.7 Å². The van der Waals surface area contributed by atoms with Crippen molar-refractivity contribution in [2.24, 2.45) is 0 Å². The number of aliphatic hydroxyl groups is 1. The average molecular weight is 255 g/mol. The number of aliphatic carboxylic acids is 1. The summed E-state index contributed by atoms with van der Waals surface area (Å²) >= 11 is 1.34. The van der Waals surface area contributed by atoms with E-state index < -0.39 is 17.9 Å². The predicted octanol–water partition coefficient (Wildman–Crippen LogP) is -4.47. The van der Waals surface area contributed by atoms with Crippen LogP contribution in [0.15, 0.2) is 12.2 Å². The second-order valence-corrected chi connectivity index (χ2v) is 3.84. The van der Waals surface area contributed by atoms with Crippen LogP contribution in [-0.4, -0.2) is 41.1 Å². The standard InChI is InChI=1S/C9H15NO4S.Na/c1-7(12)10-8(9(13)14)6-15-5-3-2-4-11;/h2-3,8,11H,4-6H2,1H3,(H,10,12)(H,13,14);/q;+1/p-1/b3-2+;/t8-;/m0./s1. The molecular weight excluding hydrogens is 241 g/mol. The SMILES string of the molecule is CC(=O)N[C@@H](CSC/C=C/CO)C(=O)[O-].[Na+]. The van der Waals surface area contributed by atoms with Crippen LogP contribution in [0.5, 0.6) is 0 Å². The van der Waals surface area contributed by atoms with Gasteiger partial charge in [-0.25, -0.2) is 0 Å². The third-order valence-corrected chi connectivity index (χ3v) is 2.43. The fourth-order valence-corrected chi connectivity index (χ4v) is 1.67. The number of amides is 1. The van der Waals surface area contributed by atoms with E-state index in [2.05, 4.69) is 5.32 Å². The zero-order valence-electron chi connectivity index (χ0n) is 9.43. The average Bonchev–Trinajstić information content (AvgIpc) is 2.15. The van der Waals surface area contributed by atoms with Crippen molar-refractivity contribution in [1.82, 2.24) is 5.32 Å². The van der Waals surface area contributed by atoms with E-state index in [1.165, 1.54) is 18.7 Å². The van der Waals surface area contributed by atoms with E-state index in [0.29, 0.717) is 5.75 Å². The Hall–Kier alpha value is -0.0100. The van der Waals surface area contributed by atoms with Crippen LogP contribution in [-0.2, 0) is 9.59 Å². The molecule has 1 atom stereocenters. The molecular formula is C9H14NNaO4S. The van der Waals surface area contributed by atoms with Gasteiger partial charge in [0, 0.05) is 18.4 Å². The molecule has 86 valence electrons. The largest absolute Gasteiger partial charge is 1.00 e. The normalized spacial score (nSPS) is 11.9. The summed E-state index contributed by atoms with van der Waals surface area (Å²) in [4.78, 5) is 21.2. The van der Waals surface area contributed by atoms with E-state index >= 15 is 0 Å². The molecule has 1 amide bonds. The molecule has 0 aromatic heterocycles. The van der Waals surface area contributed by atoms with Crippen LogP contribution in [0.25, 0.3) is 0 Å². The molecule has 0 fully saturated rings. The molecule has 7 heteroatoms. The molecule has 0 bridgehead atoms. The number of carboxylic acids is 1. The predicted molar refractivity (Wildman–Crippen MR) is 56.2 cm³/mol. The van der Waals surface area contributed by atoms with Crippen LogP contribution in [0.4, 0.5) is 0 Å². The van der Waals surface area contributed by atoms with Gasteiger partial charge in [-0.05, 0) is 0 Å². The van der Waals surface area contributed by atoms with Crippen molar-refractivity contribution in [2.75, 3.05) is 18.1 Å². The van der Waals surface area contributed by atoms with Crippen LogP contribution >= 0.6 is 11.8 Å². The van der Waals surface area contributed by atoms with Gasteiger partial charge in [0.2, 0.25) is 5.91 Å². The number of rotatable bonds is 7. The van der Waals surface area contributed by atoms with E-state index in [-0.39, 0.29) is 41.9 Å². The van der Waals surface area contributed by atoms with Crippen LogP contribution in [0.2, 0.25) is 0 Å². The van der Waals surface area contributed by atoms with Gasteiger partial charge in [0.25, 0.3) is 0 Å². The molecule has 16 heavy (non-hydrogen) atoms. The third-order valence-electron chi connectivity index (χ3n) is 1.43. The topological polar surface area (TPSA) is 89.5 Å². The van der Waals surface area contributed by atoms with Crippen LogP contribution in [0.3, 0.4) is 0 Å². The fraction of sp³-hybridized carbons (Fsp3) is 0.556. The van der Waals surface area contributed by atoms with Crippen molar-refractivity contribution in [3.05, 3.63) is 12.2 Å². The fourth-order valence-electron chi connectivity index (χ4n) is 0.811. The zero-order valence-corrected chi connectivity index (χ0v) is 12.3. The maximum atomic E-state index is 10.6. The molecule has 0 aliphatic rings. The Morgan fingerprint density at radius 2 is 2.12 bits per heavy atom. The molecule has 0 heterocycles. The first-order chi connectivity index (χ1) is 7.07. The second-order valence-electron chi connectivity index (χ2n) is 2.76. The number of carbonyl (C=O) groups is 2. The van der Waals surface area contributed by atoms with Crippen molar-refractivity contribution in [3.63, 3.8) is 0 Å². The summed E-state index contributed by atoms with van der Waals surface area (Å²) in [5.41, 5.74) is 0. The summed E-state index contributed by atoms with van der Waals surface area (Å²) in [6, 6.07) is -0.963. The van der Waals surface area contributed by atoms with Crippen LogP contribution < -0.4 is 40.0 Å². The van der Waals surface area contributed by atoms with Gasteiger partial charge in [0.1, 0.15) is 0 Å². The quantitative estimate of drug-likeness (QED) is 0.272. The summed E-state index contributed by atoms with van der Waals surface area (Å²) in [5.74, 6) is -0.846. The van der Waals surface area contributed by atoms with Gasteiger partial charge in [-0.1, -0.05) is 12.2 Å². The second kappa shape index (κ2) is 11.5. The van der Waals surface area contributed by atoms with Gasteiger partial charge in [-0.15, -0.1) is 0 Å². The maximum Gasteiger partial charge on any atom is 1.00 e. The minimum Gasteiger partial charge on any atom is -0.548 e. The molecule has 0 aromatic rings. The summed E-state index contributed by atoms with van der Waals surface area (Å²) in [6.45, 7) is 1.22. The molecule has 0 aromatic carbocycles. The van der Waals surface area contributed by atoms with Crippen molar-refractivity contribution in [1.29, 1.82) is 0 Å². The minimum atomic E-state index is -1.29. The Balaban J connectivity index is 0. The molecule has 0 aliphatic carbocycles. The molecule has 0 aliphatic heterocycles. The first-order valence-corrected chi connectivity index (χ1v) is 5.55.